The first-order chi connectivity index (χ1) is 15.6. The van der Waals surface area contributed by atoms with Crippen molar-refractivity contribution in [3.05, 3.63) is 83.1 Å². The molecule has 2 rings (SSSR count). The number of unbranched alkanes of at least 4 members (excludes halogenated alkanes) is 1. The summed E-state index contributed by atoms with van der Waals surface area (Å²) in [4.78, 5) is 0. The molecule has 0 unspecified atom stereocenters. The monoisotopic (exact) mass is 440 g/mol. The zero-order chi connectivity index (χ0) is 23.0. The lowest BCUT2D eigenvalue weighted by atomic mass is 10.0. The first-order valence-electron chi connectivity index (χ1n) is 11.4. The van der Waals surface area contributed by atoms with Gasteiger partial charge < -0.3 is 24.8 Å². The predicted octanol–water partition coefficient (Wildman–Crippen LogP) is 4.72. The van der Waals surface area contributed by atoms with E-state index in [4.69, 9.17) is 14.6 Å². The fraction of sp³-hybridized carbons (Fsp3) is 0.444. The van der Waals surface area contributed by atoms with Crippen molar-refractivity contribution in [1.82, 2.24) is 0 Å². The molecular formula is C27H36O5. The van der Waals surface area contributed by atoms with E-state index in [0.29, 0.717) is 25.2 Å². The van der Waals surface area contributed by atoms with Crippen LogP contribution in [0.15, 0.2) is 72.0 Å². The molecule has 0 saturated heterocycles. The number of aliphatic hydroxyl groups is 3. The molecular weight excluding hydrogens is 404 g/mol. The maximum Gasteiger partial charge on any atom is 0.119 e. The Hall–Kier alpha value is -2.40. The van der Waals surface area contributed by atoms with Crippen molar-refractivity contribution in [1.29, 1.82) is 0 Å². The van der Waals surface area contributed by atoms with Crippen LogP contribution in [0.4, 0.5) is 0 Å². The van der Waals surface area contributed by atoms with Crippen LogP contribution in [0.25, 0.3) is 0 Å². The highest BCUT2D eigenvalue weighted by Gasteiger charge is 2.09. The van der Waals surface area contributed by atoms with Gasteiger partial charge in [-0.25, -0.2) is 0 Å². The van der Waals surface area contributed by atoms with Gasteiger partial charge in [-0.05, 0) is 47.8 Å². The van der Waals surface area contributed by atoms with Crippen molar-refractivity contribution in [3.63, 3.8) is 0 Å². The summed E-state index contributed by atoms with van der Waals surface area (Å²) < 4.78 is 11.0. The van der Waals surface area contributed by atoms with Crippen molar-refractivity contribution >= 4 is 0 Å². The van der Waals surface area contributed by atoms with Crippen LogP contribution in [0, 0.1) is 0 Å². The Morgan fingerprint density at radius 2 is 1.81 bits per heavy atom. The maximum absolute atomic E-state index is 10.5. The largest absolute Gasteiger partial charge is 0.491 e. The SMILES string of the molecule is CCCCC(=C=CC[C@@H](O)c1ccc(OCCO)cc1)C[C@@H](O)COCc1ccccc1. The highest BCUT2D eigenvalue weighted by atomic mass is 16.5. The van der Waals surface area contributed by atoms with Crippen LogP contribution in [0.3, 0.4) is 0 Å². The van der Waals surface area contributed by atoms with E-state index in [1.807, 2.05) is 48.5 Å². The molecule has 0 amide bonds. The summed E-state index contributed by atoms with van der Waals surface area (Å²) in [6, 6.07) is 17.1. The van der Waals surface area contributed by atoms with Crippen LogP contribution < -0.4 is 4.74 Å². The molecule has 0 fully saturated rings. The molecule has 0 aliphatic rings. The highest BCUT2D eigenvalue weighted by Crippen LogP contribution is 2.21. The second-order valence-corrected chi connectivity index (χ2v) is 7.81. The van der Waals surface area contributed by atoms with Crippen LogP contribution in [-0.4, -0.2) is 41.2 Å². The van der Waals surface area contributed by atoms with Crippen LogP contribution >= 0.6 is 0 Å². The minimum absolute atomic E-state index is 0.0320. The molecule has 5 nitrogen and oxygen atoms in total. The van der Waals surface area contributed by atoms with E-state index in [2.05, 4.69) is 12.7 Å². The van der Waals surface area contributed by atoms with Gasteiger partial charge in [0.15, 0.2) is 0 Å². The molecule has 0 spiro atoms. The number of ether oxygens (including phenoxy) is 2. The lowest BCUT2D eigenvalue weighted by molar-refractivity contribution is 0.0285. The molecule has 0 aliphatic carbocycles. The molecule has 3 N–H and O–H groups in total. The Morgan fingerprint density at radius 3 is 2.50 bits per heavy atom. The van der Waals surface area contributed by atoms with Crippen molar-refractivity contribution in [2.45, 2.75) is 57.8 Å². The number of benzene rings is 2. The van der Waals surface area contributed by atoms with Gasteiger partial charge in [0.2, 0.25) is 0 Å². The second kappa shape index (κ2) is 15.4. The third kappa shape index (κ3) is 10.3. The quantitative estimate of drug-likeness (QED) is 0.349. The normalized spacial score (nSPS) is 12.6. The van der Waals surface area contributed by atoms with Crippen LogP contribution in [0.1, 0.15) is 56.3 Å². The minimum Gasteiger partial charge on any atom is -0.491 e. The van der Waals surface area contributed by atoms with Gasteiger partial charge in [0.05, 0.1) is 32.0 Å². The summed E-state index contributed by atoms with van der Waals surface area (Å²) in [6.45, 7) is 3.12. The smallest absolute Gasteiger partial charge is 0.119 e. The fourth-order valence-corrected chi connectivity index (χ4v) is 3.25. The molecule has 174 valence electrons. The topological polar surface area (TPSA) is 79.2 Å². The van der Waals surface area contributed by atoms with Gasteiger partial charge in [0.25, 0.3) is 0 Å². The highest BCUT2D eigenvalue weighted by molar-refractivity contribution is 5.28. The fourth-order valence-electron chi connectivity index (χ4n) is 3.25. The van der Waals surface area contributed by atoms with Crippen molar-refractivity contribution in [2.24, 2.45) is 0 Å². The molecule has 32 heavy (non-hydrogen) atoms. The Balaban J connectivity index is 1.86. The molecule has 0 heterocycles. The summed E-state index contributed by atoms with van der Waals surface area (Å²) in [5.41, 5.74) is 6.22. The lowest BCUT2D eigenvalue weighted by Gasteiger charge is -2.13. The van der Waals surface area contributed by atoms with E-state index < -0.39 is 12.2 Å². The predicted molar refractivity (Wildman–Crippen MR) is 126 cm³/mol. The average Bonchev–Trinajstić information content (AvgIpc) is 2.82. The van der Waals surface area contributed by atoms with E-state index in [1.165, 1.54) is 0 Å². The molecule has 2 aromatic rings. The van der Waals surface area contributed by atoms with Gasteiger partial charge in [-0.3, -0.25) is 0 Å². The standard InChI is InChI=1S/C27H36O5/c1-2-3-8-22(19-25(29)21-31-20-23-9-5-4-6-10-23)11-7-12-27(30)24-13-15-26(16-14-24)32-18-17-28/h4-7,9-10,13-16,25,27-30H,2-3,8,12,17-21H2,1H3/t11?,25-,27-/m1/s1. The minimum atomic E-state index is -0.638. The van der Waals surface area contributed by atoms with Gasteiger partial charge in [-0.2, -0.15) is 0 Å². The Morgan fingerprint density at radius 1 is 1.06 bits per heavy atom. The van der Waals surface area contributed by atoms with Gasteiger partial charge in [0.1, 0.15) is 12.4 Å². The van der Waals surface area contributed by atoms with Crippen molar-refractivity contribution in [3.8, 4) is 5.75 Å². The number of hydrogen-bond acceptors (Lipinski definition) is 5. The number of rotatable bonds is 15. The van der Waals surface area contributed by atoms with Gasteiger partial charge in [-0.1, -0.05) is 55.8 Å². The second-order valence-electron chi connectivity index (χ2n) is 7.81. The molecule has 0 aliphatic heterocycles. The van der Waals surface area contributed by atoms with Crippen molar-refractivity contribution in [2.75, 3.05) is 19.8 Å². The molecule has 2 atom stereocenters. The zero-order valence-electron chi connectivity index (χ0n) is 19.0. The summed E-state index contributed by atoms with van der Waals surface area (Å²) >= 11 is 0. The molecule has 0 radical (unpaired) electrons. The van der Waals surface area contributed by atoms with E-state index in [-0.39, 0.29) is 19.8 Å². The summed E-state index contributed by atoms with van der Waals surface area (Å²) in [5.74, 6) is 0.663. The lowest BCUT2D eigenvalue weighted by Crippen LogP contribution is -2.16. The van der Waals surface area contributed by atoms with Crippen LogP contribution in [0.5, 0.6) is 5.75 Å². The summed E-state index contributed by atoms with van der Waals surface area (Å²) in [6.07, 6.45) is 4.55. The summed E-state index contributed by atoms with van der Waals surface area (Å²) in [7, 11) is 0. The maximum atomic E-state index is 10.5. The first kappa shape index (κ1) is 25.9. The molecule has 5 heteroatoms. The molecule has 2 aromatic carbocycles. The van der Waals surface area contributed by atoms with E-state index >= 15 is 0 Å². The van der Waals surface area contributed by atoms with E-state index in [9.17, 15) is 10.2 Å². The third-order valence-electron chi connectivity index (χ3n) is 5.01. The third-order valence-corrected chi connectivity index (χ3v) is 5.01. The van der Waals surface area contributed by atoms with Crippen molar-refractivity contribution < 1.29 is 24.8 Å². The number of aliphatic hydroxyl groups excluding tert-OH is 3. The molecule has 0 bridgehead atoms. The van der Waals surface area contributed by atoms with Gasteiger partial charge >= 0.3 is 0 Å². The summed E-state index contributed by atoms with van der Waals surface area (Å²) in [5, 5.41) is 29.7. The van der Waals surface area contributed by atoms with Gasteiger partial charge in [0, 0.05) is 12.8 Å². The van der Waals surface area contributed by atoms with Crippen LogP contribution in [0.2, 0.25) is 0 Å². The van der Waals surface area contributed by atoms with Gasteiger partial charge in [-0.15, -0.1) is 5.73 Å². The van der Waals surface area contributed by atoms with Crippen LogP contribution in [-0.2, 0) is 11.3 Å². The zero-order valence-corrected chi connectivity index (χ0v) is 19.0. The first-order valence-corrected chi connectivity index (χ1v) is 11.4. The number of hydrogen-bond donors (Lipinski definition) is 3. The Bertz CT molecular complexity index is 810. The van der Waals surface area contributed by atoms with E-state index in [0.717, 1.165) is 36.0 Å². The Kier molecular flexibility index (Phi) is 12.5. The average molecular weight is 441 g/mol. The molecule has 0 saturated carbocycles. The van der Waals surface area contributed by atoms with E-state index in [1.54, 1.807) is 12.1 Å². The Labute approximate surface area is 191 Å². The molecule has 0 aromatic heterocycles.